The summed E-state index contributed by atoms with van der Waals surface area (Å²) in [6.07, 6.45) is 8.23. The van der Waals surface area contributed by atoms with Gasteiger partial charge in [0, 0.05) is 24.4 Å². The lowest BCUT2D eigenvalue weighted by atomic mass is 10.1. The molecule has 0 aliphatic carbocycles. The first-order valence-electron chi connectivity index (χ1n) is 4.69. The molecule has 0 aromatic carbocycles. The number of rotatable bonds is 0. The molecular weight excluding hydrogens is 174 g/mol. The predicted octanol–water partition coefficient (Wildman–Crippen LogP) is 1.36. The van der Waals surface area contributed by atoms with E-state index in [0.29, 0.717) is 0 Å². The fourth-order valence-corrected chi connectivity index (χ4v) is 2.06. The summed E-state index contributed by atoms with van der Waals surface area (Å²) in [5.41, 5.74) is 2.54. The zero-order chi connectivity index (χ0) is 9.54. The average Bonchev–Trinajstić information content (AvgIpc) is 2.55. The maximum Gasteiger partial charge on any atom is 0.137 e. The number of pyridine rings is 1. The molecule has 0 fully saturated rings. The molecule has 0 spiro atoms. The van der Waals surface area contributed by atoms with Crippen LogP contribution in [-0.2, 0) is 0 Å². The summed E-state index contributed by atoms with van der Waals surface area (Å²) in [6.45, 7) is 0. The van der Waals surface area contributed by atoms with Crippen molar-refractivity contribution in [2.24, 2.45) is 0 Å². The van der Waals surface area contributed by atoms with E-state index in [1.807, 2.05) is 24.5 Å². The van der Waals surface area contributed by atoms with Crippen LogP contribution < -0.4 is 10.2 Å². The van der Waals surface area contributed by atoms with E-state index in [9.17, 15) is 0 Å². The lowest BCUT2D eigenvalue weighted by Gasteiger charge is -2.24. The molecule has 0 bridgehead atoms. The van der Waals surface area contributed by atoms with Crippen LogP contribution in [-0.4, -0.2) is 18.2 Å². The van der Waals surface area contributed by atoms with Gasteiger partial charge in [-0.2, -0.15) is 0 Å². The SMILES string of the molecule is CN1c2ncccc2C2=CC=CNC21. The van der Waals surface area contributed by atoms with Gasteiger partial charge in [0.1, 0.15) is 12.0 Å². The molecule has 1 N–H and O–H groups in total. The van der Waals surface area contributed by atoms with Crippen molar-refractivity contribution in [2.45, 2.75) is 6.17 Å². The Hall–Kier alpha value is -1.77. The number of hydrogen-bond donors (Lipinski definition) is 1. The topological polar surface area (TPSA) is 28.2 Å². The number of anilines is 1. The highest BCUT2D eigenvalue weighted by Crippen LogP contribution is 2.37. The van der Waals surface area contributed by atoms with Gasteiger partial charge in [-0.25, -0.2) is 4.98 Å². The van der Waals surface area contributed by atoms with Crippen molar-refractivity contribution in [1.29, 1.82) is 0 Å². The van der Waals surface area contributed by atoms with Crippen molar-refractivity contribution in [3.8, 4) is 0 Å². The van der Waals surface area contributed by atoms with Crippen LogP contribution in [0.15, 0.2) is 36.7 Å². The lowest BCUT2D eigenvalue weighted by molar-refractivity contribution is 0.707. The molecule has 0 saturated carbocycles. The van der Waals surface area contributed by atoms with Gasteiger partial charge in [-0.1, -0.05) is 6.08 Å². The van der Waals surface area contributed by atoms with Crippen LogP contribution in [0.5, 0.6) is 0 Å². The summed E-state index contributed by atoms with van der Waals surface area (Å²) in [6, 6.07) is 4.10. The molecular formula is C11H11N3. The standard InChI is InChI=1S/C11H11N3/c1-14-10-8(4-2-6-12-10)9-5-3-7-13-11(9)14/h2-7,10,12H,1H3. The summed E-state index contributed by atoms with van der Waals surface area (Å²) in [5, 5.41) is 3.31. The summed E-state index contributed by atoms with van der Waals surface area (Å²) in [7, 11) is 2.06. The molecule has 3 rings (SSSR count). The van der Waals surface area contributed by atoms with E-state index in [1.165, 1.54) is 11.1 Å². The number of hydrogen-bond acceptors (Lipinski definition) is 3. The second-order valence-electron chi connectivity index (χ2n) is 3.54. The van der Waals surface area contributed by atoms with E-state index >= 15 is 0 Å². The Balaban J connectivity index is 2.22. The van der Waals surface area contributed by atoms with Gasteiger partial charge < -0.3 is 10.2 Å². The quantitative estimate of drug-likeness (QED) is 0.661. The molecule has 1 atom stereocenters. The minimum atomic E-state index is 0.255. The monoisotopic (exact) mass is 185 g/mol. The zero-order valence-corrected chi connectivity index (χ0v) is 7.94. The Labute approximate surface area is 82.8 Å². The Morgan fingerprint density at radius 3 is 3.36 bits per heavy atom. The third-order valence-electron chi connectivity index (χ3n) is 2.74. The molecule has 0 radical (unpaired) electrons. The van der Waals surface area contributed by atoms with E-state index in [0.717, 1.165) is 5.82 Å². The van der Waals surface area contributed by atoms with Gasteiger partial charge in [0.15, 0.2) is 0 Å². The van der Waals surface area contributed by atoms with Crippen molar-refractivity contribution < 1.29 is 0 Å². The van der Waals surface area contributed by atoms with Crippen molar-refractivity contribution >= 4 is 11.4 Å². The summed E-state index contributed by atoms with van der Waals surface area (Å²) < 4.78 is 0. The molecule has 14 heavy (non-hydrogen) atoms. The molecule has 2 aliphatic rings. The maximum absolute atomic E-state index is 4.38. The Morgan fingerprint density at radius 2 is 2.43 bits per heavy atom. The molecule has 0 amide bonds. The highest BCUT2D eigenvalue weighted by molar-refractivity contribution is 5.86. The summed E-state index contributed by atoms with van der Waals surface area (Å²) in [5.74, 6) is 1.06. The Kier molecular flexibility index (Phi) is 1.42. The van der Waals surface area contributed by atoms with Crippen molar-refractivity contribution in [2.75, 3.05) is 11.9 Å². The number of nitrogens with zero attached hydrogens (tertiary/aromatic N) is 2. The van der Waals surface area contributed by atoms with Crippen LogP contribution in [0.1, 0.15) is 5.56 Å². The first kappa shape index (κ1) is 7.62. The fourth-order valence-electron chi connectivity index (χ4n) is 2.06. The Bertz CT molecular complexity index is 434. The van der Waals surface area contributed by atoms with Crippen molar-refractivity contribution in [3.63, 3.8) is 0 Å². The lowest BCUT2D eigenvalue weighted by Crippen LogP contribution is -2.39. The second kappa shape index (κ2) is 2.61. The van der Waals surface area contributed by atoms with E-state index in [2.05, 4.69) is 34.4 Å². The van der Waals surface area contributed by atoms with E-state index < -0.39 is 0 Å². The van der Waals surface area contributed by atoms with Crippen molar-refractivity contribution in [1.82, 2.24) is 10.3 Å². The zero-order valence-electron chi connectivity index (χ0n) is 7.94. The van der Waals surface area contributed by atoms with Crippen LogP contribution in [0, 0.1) is 0 Å². The molecule has 3 heteroatoms. The van der Waals surface area contributed by atoms with Crippen LogP contribution in [0.4, 0.5) is 5.82 Å². The molecule has 1 unspecified atom stereocenters. The third kappa shape index (κ3) is 0.839. The molecule has 1 aromatic rings. The number of likely N-dealkylation sites (N-methyl/N-ethyl adjacent to an activating group) is 1. The largest absolute Gasteiger partial charge is 0.367 e. The normalized spacial score (nSPS) is 22.5. The van der Waals surface area contributed by atoms with Crippen LogP contribution in [0.2, 0.25) is 0 Å². The van der Waals surface area contributed by atoms with Gasteiger partial charge >= 0.3 is 0 Å². The number of dihydropyridines is 1. The first-order chi connectivity index (χ1) is 6.88. The van der Waals surface area contributed by atoms with Gasteiger partial charge in [0.25, 0.3) is 0 Å². The van der Waals surface area contributed by atoms with E-state index in [4.69, 9.17) is 0 Å². The van der Waals surface area contributed by atoms with Gasteiger partial charge in [-0.3, -0.25) is 0 Å². The highest BCUT2D eigenvalue weighted by atomic mass is 15.3. The molecule has 70 valence electrons. The molecule has 2 aliphatic heterocycles. The van der Waals surface area contributed by atoms with E-state index in [1.54, 1.807) is 0 Å². The van der Waals surface area contributed by atoms with Gasteiger partial charge in [0.2, 0.25) is 0 Å². The first-order valence-corrected chi connectivity index (χ1v) is 4.69. The number of allylic oxidation sites excluding steroid dienone is 2. The maximum atomic E-state index is 4.38. The smallest absolute Gasteiger partial charge is 0.137 e. The number of fused-ring (bicyclic) bond motifs is 3. The molecule has 3 nitrogen and oxygen atoms in total. The molecule has 0 saturated heterocycles. The third-order valence-corrected chi connectivity index (χ3v) is 2.74. The van der Waals surface area contributed by atoms with Crippen molar-refractivity contribution in [3.05, 3.63) is 42.2 Å². The van der Waals surface area contributed by atoms with Gasteiger partial charge in [-0.05, 0) is 24.4 Å². The van der Waals surface area contributed by atoms with Crippen LogP contribution in [0.25, 0.3) is 5.57 Å². The predicted molar refractivity (Wildman–Crippen MR) is 56.7 cm³/mol. The molecule has 3 heterocycles. The molecule has 1 aromatic heterocycles. The summed E-state index contributed by atoms with van der Waals surface area (Å²) in [4.78, 5) is 6.54. The summed E-state index contributed by atoms with van der Waals surface area (Å²) >= 11 is 0. The van der Waals surface area contributed by atoms with Gasteiger partial charge in [-0.15, -0.1) is 0 Å². The average molecular weight is 185 g/mol. The van der Waals surface area contributed by atoms with Crippen LogP contribution in [0.3, 0.4) is 0 Å². The Morgan fingerprint density at radius 1 is 1.50 bits per heavy atom. The number of aromatic nitrogens is 1. The van der Waals surface area contributed by atoms with E-state index in [-0.39, 0.29) is 6.17 Å². The fraction of sp³-hybridized carbons (Fsp3) is 0.182. The number of nitrogens with one attached hydrogen (secondary N) is 1. The minimum absolute atomic E-state index is 0.255. The second-order valence-corrected chi connectivity index (χ2v) is 3.54. The minimum Gasteiger partial charge on any atom is -0.367 e. The van der Waals surface area contributed by atoms with Gasteiger partial charge in [0.05, 0.1) is 0 Å². The highest BCUT2D eigenvalue weighted by Gasteiger charge is 2.31. The van der Waals surface area contributed by atoms with Crippen LogP contribution >= 0.6 is 0 Å².